The first-order valence-corrected chi connectivity index (χ1v) is 13.9. The van der Waals surface area contributed by atoms with Gasteiger partial charge in [-0.05, 0) is 50.5 Å². The van der Waals surface area contributed by atoms with Crippen molar-refractivity contribution in [2.24, 2.45) is 0 Å². The first-order valence-electron chi connectivity index (χ1n) is 12.0. The summed E-state index contributed by atoms with van der Waals surface area (Å²) in [6.45, 7) is 2.00. The van der Waals surface area contributed by atoms with Crippen molar-refractivity contribution in [2.75, 3.05) is 28.7 Å². The lowest BCUT2D eigenvalue weighted by Gasteiger charge is -2.38. The van der Waals surface area contributed by atoms with Gasteiger partial charge in [0.1, 0.15) is 0 Å². The van der Waals surface area contributed by atoms with E-state index < -0.39 is 9.84 Å². The first kappa shape index (κ1) is 24.3. The average molecular weight is 484 g/mol. The normalized spacial score (nSPS) is 20.0. The number of anilines is 2. The number of aryl methyl sites for hydroxylation is 1. The van der Waals surface area contributed by atoms with Crippen molar-refractivity contribution in [1.82, 2.24) is 4.90 Å². The number of benzene rings is 2. The van der Waals surface area contributed by atoms with Gasteiger partial charge in [0.2, 0.25) is 5.91 Å². The van der Waals surface area contributed by atoms with Crippen molar-refractivity contribution in [3.63, 3.8) is 0 Å². The molecule has 2 aromatic carbocycles. The van der Waals surface area contributed by atoms with Gasteiger partial charge in [0, 0.05) is 23.5 Å². The van der Waals surface area contributed by atoms with E-state index in [9.17, 15) is 18.0 Å². The maximum absolute atomic E-state index is 13.4. The molecule has 1 saturated heterocycles. The fraction of sp³-hybridized carbons (Fsp3) is 0.462. The first-order chi connectivity index (χ1) is 16.3. The number of nitrogens with zero attached hydrogens (tertiary/aromatic N) is 1. The molecule has 1 aliphatic heterocycles. The molecule has 0 bridgehead atoms. The maximum Gasteiger partial charge on any atom is 0.257 e. The Labute approximate surface area is 201 Å². The molecular formula is C26H33N3O4S. The highest BCUT2D eigenvalue weighted by molar-refractivity contribution is 7.91. The second-order valence-electron chi connectivity index (χ2n) is 9.37. The molecular weight excluding hydrogens is 450 g/mol. The lowest BCUT2D eigenvalue weighted by molar-refractivity contribution is -0.134. The summed E-state index contributed by atoms with van der Waals surface area (Å²) in [7, 11) is -3.10. The smallest absolute Gasteiger partial charge is 0.257 e. The highest BCUT2D eigenvalue weighted by Gasteiger charge is 2.38. The molecule has 2 aromatic rings. The molecule has 1 heterocycles. The van der Waals surface area contributed by atoms with Crippen LogP contribution in [0.15, 0.2) is 48.5 Å². The Hall–Kier alpha value is -2.87. The van der Waals surface area contributed by atoms with Crippen molar-refractivity contribution < 1.29 is 18.0 Å². The molecule has 182 valence electrons. The minimum atomic E-state index is -3.10. The van der Waals surface area contributed by atoms with E-state index in [4.69, 9.17) is 0 Å². The van der Waals surface area contributed by atoms with E-state index in [2.05, 4.69) is 10.6 Å². The fourth-order valence-electron chi connectivity index (χ4n) is 4.99. The number of hydrogen-bond donors (Lipinski definition) is 2. The number of carbonyl (C=O) groups excluding carboxylic acids is 2. The van der Waals surface area contributed by atoms with E-state index >= 15 is 0 Å². The van der Waals surface area contributed by atoms with Gasteiger partial charge >= 0.3 is 0 Å². The zero-order chi connectivity index (χ0) is 24.1. The monoisotopic (exact) mass is 483 g/mol. The van der Waals surface area contributed by atoms with Crippen molar-refractivity contribution >= 4 is 33.0 Å². The summed E-state index contributed by atoms with van der Waals surface area (Å²) in [5, 5.41) is 6.05. The molecule has 0 spiro atoms. The van der Waals surface area contributed by atoms with Gasteiger partial charge in [-0.15, -0.1) is 0 Å². The summed E-state index contributed by atoms with van der Waals surface area (Å²) in [6.07, 6.45) is 5.60. The van der Waals surface area contributed by atoms with Crippen LogP contribution in [0.2, 0.25) is 0 Å². The van der Waals surface area contributed by atoms with Crippen LogP contribution in [0.25, 0.3) is 0 Å². The lowest BCUT2D eigenvalue weighted by Crippen LogP contribution is -2.50. The van der Waals surface area contributed by atoms with Gasteiger partial charge in [0.25, 0.3) is 5.91 Å². The third-order valence-corrected chi connectivity index (χ3v) is 8.52. The van der Waals surface area contributed by atoms with Gasteiger partial charge in [-0.3, -0.25) is 9.59 Å². The molecule has 8 heteroatoms. The standard InChI is InChI=1S/C26H33N3O4S/c1-19-11-13-20(14-12-19)28-26(31)23-9-5-6-10-24(23)27-17-25(30)29(21-7-3-2-4-8-21)22-15-16-34(32,33)18-22/h5-6,9-14,21-22,27H,2-4,7-8,15-18H2,1H3,(H,28,31)/t22-/m0/s1. The van der Waals surface area contributed by atoms with E-state index in [0.29, 0.717) is 23.4 Å². The number of para-hydroxylation sites is 1. The summed E-state index contributed by atoms with van der Waals surface area (Å²) in [5.74, 6) is -0.179. The summed E-state index contributed by atoms with van der Waals surface area (Å²) in [4.78, 5) is 28.1. The van der Waals surface area contributed by atoms with E-state index in [1.807, 2.05) is 42.2 Å². The number of sulfone groups is 1. The number of hydrogen-bond acceptors (Lipinski definition) is 5. The van der Waals surface area contributed by atoms with Crippen molar-refractivity contribution in [3.8, 4) is 0 Å². The summed E-state index contributed by atoms with van der Waals surface area (Å²) < 4.78 is 24.2. The van der Waals surface area contributed by atoms with Gasteiger partial charge in [0.05, 0.1) is 23.6 Å². The second-order valence-corrected chi connectivity index (χ2v) is 11.6. The fourth-order valence-corrected chi connectivity index (χ4v) is 6.70. The Bertz CT molecular complexity index is 1120. The molecule has 2 N–H and O–H groups in total. The number of nitrogens with one attached hydrogen (secondary N) is 2. The van der Waals surface area contributed by atoms with Crippen LogP contribution in [0.5, 0.6) is 0 Å². The minimum absolute atomic E-state index is 0.0157. The summed E-state index contributed by atoms with van der Waals surface area (Å²) in [5.41, 5.74) is 2.83. The van der Waals surface area contributed by atoms with E-state index in [1.54, 1.807) is 18.2 Å². The van der Waals surface area contributed by atoms with Gasteiger partial charge < -0.3 is 15.5 Å². The van der Waals surface area contributed by atoms with E-state index in [1.165, 1.54) is 0 Å². The molecule has 34 heavy (non-hydrogen) atoms. The lowest BCUT2D eigenvalue weighted by atomic mass is 9.93. The molecule has 2 amide bonds. The van der Waals surface area contributed by atoms with Gasteiger partial charge in [-0.25, -0.2) is 8.42 Å². The van der Waals surface area contributed by atoms with Crippen LogP contribution < -0.4 is 10.6 Å². The zero-order valence-corrected chi connectivity index (χ0v) is 20.4. The van der Waals surface area contributed by atoms with Gasteiger partial charge in [0.15, 0.2) is 9.84 Å². The molecule has 0 unspecified atom stereocenters. The Kier molecular flexibility index (Phi) is 7.56. The van der Waals surface area contributed by atoms with Crippen LogP contribution in [-0.2, 0) is 14.6 Å². The predicted octanol–water partition coefficient (Wildman–Crippen LogP) is 4.01. The van der Waals surface area contributed by atoms with Crippen LogP contribution in [0.3, 0.4) is 0 Å². The van der Waals surface area contributed by atoms with E-state index in [0.717, 1.165) is 37.7 Å². The topological polar surface area (TPSA) is 95.6 Å². The summed E-state index contributed by atoms with van der Waals surface area (Å²) >= 11 is 0. The third kappa shape index (κ3) is 5.97. The highest BCUT2D eigenvalue weighted by atomic mass is 32.2. The zero-order valence-electron chi connectivity index (χ0n) is 19.6. The van der Waals surface area contributed by atoms with Crippen LogP contribution in [0.4, 0.5) is 11.4 Å². The maximum atomic E-state index is 13.4. The SMILES string of the molecule is Cc1ccc(NC(=O)c2ccccc2NCC(=O)N(C2CCCCC2)[C@H]2CCS(=O)(=O)C2)cc1. The molecule has 2 fully saturated rings. The van der Waals surface area contributed by atoms with Crippen LogP contribution in [0.1, 0.15) is 54.4 Å². The van der Waals surface area contributed by atoms with Crippen LogP contribution in [0, 0.1) is 6.92 Å². The molecule has 4 rings (SSSR count). The number of amides is 2. The predicted molar refractivity (Wildman–Crippen MR) is 135 cm³/mol. The molecule has 1 aliphatic carbocycles. The Morgan fingerprint density at radius 3 is 2.32 bits per heavy atom. The van der Waals surface area contributed by atoms with Gasteiger partial charge in [-0.1, -0.05) is 49.1 Å². The molecule has 0 radical (unpaired) electrons. The van der Waals surface area contributed by atoms with Crippen molar-refractivity contribution in [2.45, 2.75) is 57.5 Å². The highest BCUT2D eigenvalue weighted by Crippen LogP contribution is 2.28. The largest absolute Gasteiger partial charge is 0.376 e. The Balaban J connectivity index is 1.46. The quantitative estimate of drug-likeness (QED) is 0.621. The van der Waals surface area contributed by atoms with Crippen LogP contribution >= 0.6 is 0 Å². The molecule has 0 aromatic heterocycles. The molecule has 2 aliphatic rings. The van der Waals surface area contributed by atoms with E-state index in [-0.39, 0.29) is 41.9 Å². The number of carbonyl (C=O) groups is 2. The van der Waals surface area contributed by atoms with Crippen molar-refractivity contribution in [1.29, 1.82) is 0 Å². The Morgan fingerprint density at radius 2 is 1.65 bits per heavy atom. The Morgan fingerprint density at radius 1 is 0.941 bits per heavy atom. The summed E-state index contributed by atoms with van der Waals surface area (Å²) in [6, 6.07) is 14.5. The average Bonchev–Trinajstić information content (AvgIpc) is 3.19. The molecule has 1 saturated carbocycles. The minimum Gasteiger partial charge on any atom is -0.376 e. The molecule has 1 atom stereocenters. The third-order valence-electron chi connectivity index (χ3n) is 6.77. The molecule has 7 nitrogen and oxygen atoms in total. The van der Waals surface area contributed by atoms with Crippen LogP contribution in [-0.4, -0.2) is 55.3 Å². The van der Waals surface area contributed by atoms with Crippen molar-refractivity contribution in [3.05, 3.63) is 59.7 Å². The second kappa shape index (κ2) is 10.6. The van der Waals surface area contributed by atoms with Gasteiger partial charge in [-0.2, -0.15) is 0 Å². The number of rotatable bonds is 7.